The zero-order chi connectivity index (χ0) is 20.8. The molecule has 0 amide bonds. The molecule has 2 heterocycles. The van der Waals surface area contributed by atoms with Crippen molar-refractivity contribution in [1.82, 2.24) is 9.78 Å². The Morgan fingerprint density at radius 3 is 2.38 bits per heavy atom. The number of carboxylic acid groups (broad SMARTS) is 1. The molecule has 0 saturated carbocycles. The van der Waals surface area contributed by atoms with E-state index in [1.165, 1.54) is 28.9 Å². The van der Waals surface area contributed by atoms with Crippen molar-refractivity contribution in [2.75, 3.05) is 5.75 Å². The maximum Gasteiger partial charge on any atom is 0.356 e. The molecule has 4 rings (SSSR count). The predicted molar refractivity (Wildman–Crippen MR) is 107 cm³/mol. The number of hydrogen-bond acceptors (Lipinski definition) is 4. The molecule has 1 aromatic heterocycles. The zero-order valence-corrected chi connectivity index (χ0v) is 16.4. The fourth-order valence-corrected chi connectivity index (χ4v) is 4.94. The Hall–Kier alpha value is -2.97. The highest BCUT2D eigenvalue weighted by molar-refractivity contribution is 7.91. The number of halogens is 2. The summed E-state index contributed by atoms with van der Waals surface area (Å²) in [6.07, 6.45) is 1.61. The molecule has 29 heavy (non-hydrogen) atoms. The van der Waals surface area contributed by atoms with Crippen LogP contribution in [0.15, 0.2) is 48.5 Å². The Bertz CT molecular complexity index is 1250. The third-order valence-electron chi connectivity index (χ3n) is 4.51. The summed E-state index contributed by atoms with van der Waals surface area (Å²) < 4.78 is 39.6. The SMILES string of the molecule is O=C(O)c1nn(-c2ccc(Cl)cc2)c2c1CS(=O)(=O)C/C2=C\c1ccc(F)cc1. The summed E-state index contributed by atoms with van der Waals surface area (Å²) in [6, 6.07) is 12.2. The summed E-state index contributed by atoms with van der Waals surface area (Å²) in [6.45, 7) is 0. The lowest BCUT2D eigenvalue weighted by atomic mass is 10.0. The molecule has 0 radical (unpaired) electrons. The van der Waals surface area contributed by atoms with Gasteiger partial charge in [0.25, 0.3) is 0 Å². The van der Waals surface area contributed by atoms with Crippen LogP contribution >= 0.6 is 11.6 Å². The van der Waals surface area contributed by atoms with E-state index in [1.54, 1.807) is 30.3 Å². The number of aromatic nitrogens is 2. The van der Waals surface area contributed by atoms with Crippen LogP contribution in [-0.4, -0.2) is 35.0 Å². The minimum atomic E-state index is -3.59. The Kier molecular flexibility index (Phi) is 4.76. The Balaban J connectivity index is 1.98. The highest BCUT2D eigenvalue weighted by atomic mass is 35.5. The lowest BCUT2D eigenvalue weighted by Crippen LogP contribution is -2.20. The number of benzene rings is 2. The third-order valence-corrected chi connectivity index (χ3v) is 6.24. The molecular weight excluding hydrogens is 419 g/mol. The molecule has 3 aromatic rings. The van der Waals surface area contributed by atoms with Crippen molar-refractivity contribution in [3.63, 3.8) is 0 Å². The molecular formula is C20H14ClFN2O4S. The van der Waals surface area contributed by atoms with E-state index in [4.69, 9.17) is 11.6 Å². The number of hydrogen-bond donors (Lipinski definition) is 1. The van der Waals surface area contributed by atoms with Gasteiger partial charge in [-0.2, -0.15) is 5.10 Å². The number of nitrogens with zero attached hydrogens (tertiary/aromatic N) is 2. The topological polar surface area (TPSA) is 89.3 Å². The zero-order valence-electron chi connectivity index (χ0n) is 14.8. The molecule has 0 aliphatic carbocycles. The van der Waals surface area contributed by atoms with Gasteiger partial charge < -0.3 is 5.11 Å². The number of carbonyl (C=O) groups is 1. The Labute approximate surface area is 170 Å². The number of carboxylic acids is 1. The fourth-order valence-electron chi connectivity index (χ4n) is 3.30. The molecule has 9 heteroatoms. The van der Waals surface area contributed by atoms with Crippen LogP contribution in [0, 0.1) is 5.82 Å². The van der Waals surface area contributed by atoms with Gasteiger partial charge in [-0.05, 0) is 53.6 Å². The molecule has 1 aliphatic rings. The molecule has 1 aliphatic heterocycles. The van der Waals surface area contributed by atoms with E-state index in [2.05, 4.69) is 5.10 Å². The summed E-state index contributed by atoms with van der Waals surface area (Å²) in [5.41, 5.74) is 1.74. The molecule has 148 valence electrons. The second-order valence-corrected chi connectivity index (χ2v) is 9.12. The molecule has 0 fully saturated rings. The smallest absolute Gasteiger partial charge is 0.356 e. The average molecular weight is 433 g/mol. The molecule has 0 spiro atoms. The third kappa shape index (κ3) is 3.81. The fraction of sp³-hybridized carbons (Fsp3) is 0.100. The molecule has 6 nitrogen and oxygen atoms in total. The van der Waals surface area contributed by atoms with Crippen molar-refractivity contribution in [2.24, 2.45) is 0 Å². The van der Waals surface area contributed by atoms with Crippen molar-refractivity contribution >= 4 is 39.1 Å². The second kappa shape index (κ2) is 7.13. The molecule has 2 aromatic carbocycles. The van der Waals surface area contributed by atoms with Crippen LogP contribution in [0.4, 0.5) is 4.39 Å². The van der Waals surface area contributed by atoms with Crippen LogP contribution in [0.1, 0.15) is 27.3 Å². The quantitative estimate of drug-likeness (QED) is 0.679. The Morgan fingerprint density at radius 1 is 1.10 bits per heavy atom. The lowest BCUT2D eigenvalue weighted by molar-refractivity contribution is 0.0689. The first-order valence-electron chi connectivity index (χ1n) is 8.51. The van der Waals surface area contributed by atoms with Crippen LogP contribution < -0.4 is 0 Å². The van der Waals surface area contributed by atoms with E-state index in [9.17, 15) is 22.7 Å². The van der Waals surface area contributed by atoms with E-state index in [-0.39, 0.29) is 17.0 Å². The van der Waals surface area contributed by atoms with Gasteiger partial charge in [-0.1, -0.05) is 23.7 Å². The van der Waals surface area contributed by atoms with Gasteiger partial charge in [-0.15, -0.1) is 0 Å². The normalized spacial score (nSPS) is 16.6. The molecule has 0 atom stereocenters. The summed E-state index contributed by atoms with van der Waals surface area (Å²) in [5, 5.41) is 14.2. The molecule has 1 N–H and O–H groups in total. The highest BCUT2D eigenvalue weighted by Crippen LogP contribution is 2.35. The summed E-state index contributed by atoms with van der Waals surface area (Å²) in [7, 11) is -3.59. The van der Waals surface area contributed by atoms with Gasteiger partial charge in [-0.25, -0.2) is 22.3 Å². The van der Waals surface area contributed by atoms with E-state index in [0.29, 0.717) is 27.5 Å². The molecule has 0 saturated heterocycles. The predicted octanol–water partition coefficient (Wildman–Crippen LogP) is 3.83. The van der Waals surface area contributed by atoms with E-state index < -0.39 is 27.4 Å². The second-order valence-electron chi connectivity index (χ2n) is 6.62. The van der Waals surface area contributed by atoms with Crippen molar-refractivity contribution in [1.29, 1.82) is 0 Å². The number of rotatable bonds is 3. The lowest BCUT2D eigenvalue weighted by Gasteiger charge is -2.19. The van der Waals surface area contributed by atoms with Gasteiger partial charge >= 0.3 is 5.97 Å². The van der Waals surface area contributed by atoms with Gasteiger partial charge in [-0.3, -0.25) is 0 Å². The van der Waals surface area contributed by atoms with Gasteiger partial charge in [0.05, 0.1) is 22.9 Å². The highest BCUT2D eigenvalue weighted by Gasteiger charge is 2.34. The van der Waals surface area contributed by atoms with Crippen molar-refractivity contribution in [3.8, 4) is 5.69 Å². The van der Waals surface area contributed by atoms with E-state index in [0.717, 1.165) is 0 Å². The van der Waals surface area contributed by atoms with Gasteiger partial charge in [0.2, 0.25) is 0 Å². The number of fused-ring (bicyclic) bond motifs is 1. The number of sulfone groups is 1. The number of aromatic carboxylic acids is 1. The Morgan fingerprint density at radius 2 is 1.76 bits per heavy atom. The van der Waals surface area contributed by atoms with E-state index >= 15 is 0 Å². The molecule has 0 bridgehead atoms. The maximum atomic E-state index is 13.2. The van der Waals surface area contributed by atoms with Gasteiger partial charge in [0.15, 0.2) is 15.5 Å². The van der Waals surface area contributed by atoms with Crippen LogP contribution in [0.3, 0.4) is 0 Å². The average Bonchev–Trinajstić information content (AvgIpc) is 3.03. The standard InChI is InChI=1S/C20H14ClFN2O4S/c21-14-3-7-16(8-4-14)24-19-13(9-12-1-5-15(22)6-2-12)10-29(27,28)11-17(19)18(23-24)20(25)26/h1-9H,10-11H2,(H,25,26)/b13-9+. The van der Waals surface area contributed by atoms with Crippen LogP contribution in [0.25, 0.3) is 17.3 Å². The van der Waals surface area contributed by atoms with Crippen LogP contribution in [0.5, 0.6) is 0 Å². The van der Waals surface area contributed by atoms with Crippen LogP contribution in [-0.2, 0) is 15.6 Å². The maximum absolute atomic E-state index is 13.2. The first-order valence-corrected chi connectivity index (χ1v) is 10.7. The largest absolute Gasteiger partial charge is 0.476 e. The molecule has 0 unspecified atom stereocenters. The minimum Gasteiger partial charge on any atom is -0.476 e. The van der Waals surface area contributed by atoms with Crippen molar-refractivity contribution in [2.45, 2.75) is 5.75 Å². The first-order chi connectivity index (χ1) is 13.7. The summed E-state index contributed by atoms with van der Waals surface area (Å²) in [4.78, 5) is 11.7. The van der Waals surface area contributed by atoms with Crippen molar-refractivity contribution in [3.05, 3.63) is 81.9 Å². The van der Waals surface area contributed by atoms with Crippen LogP contribution in [0.2, 0.25) is 5.02 Å². The summed E-state index contributed by atoms with van der Waals surface area (Å²) in [5.74, 6) is -2.43. The van der Waals surface area contributed by atoms with Gasteiger partial charge in [0, 0.05) is 10.6 Å². The monoisotopic (exact) mass is 432 g/mol. The van der Waals surface area contributed by atoms with E-state index in [1.807, 2.05) is 0 Å². The first kappa shape index (κ1) is 19.4. The van der Waals surface area contributed by atoms with Gasteiger partial charge in [0.1, 0.15) is 5.82 Å². The van der Waals surface area contributed by atoms with Crippen molar-refractivity contribution < 1.29 is 22.7 Å². The minimum absolute atomic E-state index is 0.132. The summed E-state index contributed by atoms with van der Waals surface area (Å²) >= 11 is 5.94.